The Hall–Kier alpha value is -2.27. The van der Waals surface area contributed by atoms with Crippen LogP contribution in [0.5, 0.6) is 0 Å². The minimum Gasteiger partial charge on any atom is -0.352 e. The van der Waals surface area contributed by atoms with Crippen molar-refractivity contribution >= 4 is 27.5 Å². The van der Waals surface area contributed by atoms with Gasteiger partial charge in [-0.1, -0.05) is 24.2 Å². The highest BCUT2D eigenvalue weighted by atomic mass is 28.1. The van der Waals surface area contributed by atoms with Gasteiger partial charge in [0.2, 0.25) is 0 Å². The fourth-order valence-electron chi connectivity index (χ4n) is 1.68. The van der Waals surface area contributed by atoms with Crippen LogP contribution >= 0.6 is 0 Å². The van der Waals surface area contributed by atoms with Crippen LogP contribution in [0.2, 0.25) is 6.04 Å². The molecule has 21 heavy (non-hydrogen) atoms. The molecule has 0 bridgehead atoms. The first-order chi connectivity index (χ1) is 10.3. The summed E-state index contributed by atoms with van der Waals surface area (Å²) in [5.74, 6) is -0.0679. The molecule has 5 heteroatoms. The maximum atomic E-state index is 11.8. The summed E-state index contributed by atoms with van der Waals surface area (Å²) in [6.07, 6.45) is 0.909. The van der Waals surface area contributed by atoms with Gasteiger partial charge in [0.1, 0.15) is 0 Å². The number of carbonyl (C=O) groups is 1. The summed E-state index contributed by atoms with van der Waals surface area (Å²) in [7, 11) is 3.37. The fourth-order valence-corrected chi connectivity index (χ4v) is 1.86. The highest BCUT2D eigenvalue weighted by Crippen LogP contribution is 2.18. The average Bonchev–Trinajstić information content (AvgIpc) is 2.54. The first kappa shape index (κ1) is 15.1. The number of azo groups is 1. The van der Waals surface area contributed by atoms with E-state index in [0.717, 1.165) is 23.8 Å². The van der Waals surface area contributed by atoms with Crippen LogP contribution in [0.15, 0.2) is 64.8 Å². The van der Waals surface area contributed by atoms with Gasteiger partial charge in [0.15, 0.2) is 0 Å². The SMILES string of the molecule is O=C(NCCC[Si])c1ccc(N=Nc2ccccc2)cc1. The normalized spacial score (nSPS) is 10.7. The Bertz CT molecular complexity index is 597. The predicted molar refractivity (Wildman–Crippen MR) is 84.6 cm³/mol. The zero-order chi connectivity index (χ0) is 14.9. The van der Waals surface area contributed by atoms with E-state index in [0.29, 0.717) is 12.1 Å². The molecule has 2 aromatic carbocycles. The Balaban J connectivity index is 1.96. The molecule has 0 saturated carbocycles. The van der Waals surface area contributed by atoms with E-state index in [-0.39, 0.29) is 5.91 Å². The number of rotatable bonds is 6. The van der Waals surface area contributed by atoms with Crippen LogP contribution in [0, 0.1) is 0 Å². The Labute approximate surface area is 127 Å². The monoisotopic (exact) mass is 294 g/mol. The number of benzene rings is 2. The van der Waals surface area contributed by atoms with E-state index < -0.39 is 0 Å². The summed E-state index contributed by atoms with van der Waals surface area (Å²) in [6, 6.07) is 17.5. The van der Waals surface area contributed by atoms with Crippen molar-refractivity contribution in [1.82, 2.24) is 5.32 Å². The lowest BCUT2D eigenvalue weighted by atomic mass is 10.2. The molecule has 1 amide bonds. The van der Waals surface area contributed by atoms with Gasteiger partial charge in [0.25, 0.3) is 5.91 Å². The summed E-state index contributed by atoms with van der Waals surface area (Å²) in [4.78, 5) is 11.8. The van der Waals surface area contributed by atoms with Crippen molar-refractivity contribution in [2.24, 2.45) is 10.2 Å². The molecule has 4 nitrogen and oxygen atoms in total. The smallest absolute Gasteiger partial charge is 0.251 e. The molecule has 0 aliphatic rings. The van der Waals surface area contributed by atoms with Crippen LogP contribution in [-0.2, 0) is 0 Å². The maximum Gasteiger partial charge on any atom is 0.251 e. The van der Waals surface area contributed by atoms with Crippen LogP contribution in [0.25, 0.3) is 0 Å². The van der Waals surface area contributed by atoms with Crippen LogP contribution in [0.1, 0.15) is 16.8 Å². The summed E-state index contributed by atoms with van der Waals surface area (Å²) in [5, 5.41) is 11.1. The lowest BCUT2D eigenvalue weighted by molar-refractivity contribution is 0.0953. The molecule has 0 saturated heterocycles. The van der Waals surface area contributed by atoms with Crippen molar-refractivity contribution in [3.05, 3.63) is 60.2 Å². The van der Waals surface area contributed by atoms with E-state index in [9.17, 15) is 4.79 Å². The van der Waals surface area contributed by atoms with Gasteiger partial charge in [-0.3, -0.25) is 4.79 Å². The van der Waals surface area contributed by atoms with Crippen LogP contribution in [-0.4, -0.2) is 22.7 Å². The molecule has 0 spiro atoms. The van der Waals surface area contributed by atoms with Gasteiger partial charge in [0, 0.05) is 22.4 Å². The lowest BCUT2D eigenvalue weighted by Gasteiger charge is -2.04. The van der Waals surface area contributed by atoms with Crippen molar-refractivity contribution in [1.29, 1.82) is 0 Å². The average molecular weight is 294 g/mol. The molecule has 105 valence electrons. The highest BCUT2D eigenvalue weighted by molar-refractivity contribution is 6.08. The van der Waals surface area contributed by atoms with E-state index in [1.807, 2.05) is 30.3 Å². The van der Waals surface area contributed by atoms with E-state index in [2.05, 4.69) is 25.8 Å². The fraction of sp³-hybridized carbons (Fsp3) is 0.188. The standard InChI is InChI=1S/C16H16N3OSi/c20-16(17-11-4-12-21)13-7-9-15(10-8-13)19-18-14-5-2-1-3-6-14/h1-3,5-10H,4,11-12H2,(H,17,20). The Kier molecular flexibility index (Phi) is 5.84. The van der Waals surface area contributed by atoms with Crippen molar-refractivity contribution in [3.63, 3.8) is 0 Å². The van der Waals surface area contributed by atoms with Crippen molar-refractivity contribution in [2.45, 2.75) is 12.5 Å². The van der Waals surface area contributed by atoms with Crippen LogP contribution in [0.4, 0.5) is 11.4 Å². The summed E-state index contributed by atoms with van der Waals surface area (Å²) >= 11 is 0. The third-order valence-electron chi connectivity index (χ3n) is 2.81. The number of hydrogen-bond acceptors (Lipinski definition) is 3. The second kappa shape index (κ2) is 8.11. The number of carbonyl (C=O) groups excluding carboxylic acids is 1. The number of nitrogens with one attached hydrogen (secondary N) is 1. The second-order valence-electron chi connectivity index (χ2n) is 4.44. The maximum absolute atomic E-state index is 11.8. The molecule has 0 heterocycles. The van der Waals surface area contributed by atoms with Gasteiger partial charge in [0.05, 0.1) is 11.4 Å². The third-order valence-corrected chi connectivity index (χ3v) is 3.16. The number of hydrogen-bond donors (Lipinski definition) is 1. The van der Waals surface area contributed by atoms with Gasteiger partial charge in [-0.2, -0.15) is 10.2 Å². The van der Waals surface area contributed by atoms with Gasteiger partial charge < -0.3 is 5.32 Å². The molecule has 0 aliphatic heterocycles. The van der Waals surface area contributed by atoms with Crippen LogP contribution < -0.4 is 5.32 Å². The lowest BCUT2D eigenvalue weighted by Crippen LogP contribution is -2.24. The van der Waals surface area contributed by atoms with Crippen molar-refractivity contribution in [3.8, 4) is 0 Å². The first-order valence-corrected chi connectivity index (χ1v) is 7.50. The Morgan fingerprint density at radius 1 is 0.952 bits per heavy atom. The van der Waals surface area contributed by atoms with E-state index in [4.69, 9.17) is 0 Å². The third kappa shape index (κ3) is 4.96. The number of nitrogens with zero attached hydrogens (tertiary/aromatic N) is 2. The van der Waals surface area contributed by atoms with E-state index in [1.165, 1.54) is 0 Å². The first-order valence-electron chi connectivity index (χ1n) is 6.79. The molecule has 1 N–H and O–H groups in total. The summed E-state index contributed by atoms with van der Waals surface area (Å²) in [5.41, 5.74) is 2.15. The zero-order valence-corrected chi connectivity index (χ0v) is 12.6. The molecule has 0 unspecified atom stereocenters. The summed E-state index contributed by atoms with van der Waals surface area (Å²) < 4.78 is 0. The molecule has 2 rings (SSSR count). The van der Waals surface area contributed by atoms with Crippen molar-refractivity contribution < 1.29 is 4.79 Å². The minimum atomic E-state index is -0.0679. The molecular weight excluding hydrogens is 278 g/mol. The Morgan fingerprint density at radius 3 is 2.19 bits per heavy atom. The molecule has 0 atom stereocenters. The van der Waals surface area contributed by atoms with Gasteiger partial charge in [-0.25, -0.2) is 0 Å². The molecule has 0 aromatic heterocycles. The molecule has 2 aromatic rings. The predicted octanol–water partition coefficient (Wildman–Crippen LogP) is 3.81. The van der Waals surface area contributed by atoms with E-state index in [1.54, 1.807) is 24.3 Å². The van der Waals surface area contributed by atoms with Gasteiger partial charge in [-0.05, 0) is 42.8 Å². The van der Waals surface area contributed by atoms with Gasteiger partial charge in [-0.15, -0.1) is 0 Å². The largest absolute Gasteiger partial charge is 0.352 e. The number of amides is 1. The Morgan fingerprint density at radius 2 is 1.57 bits per heavy atom. The van der Waals surface area contributed by atoms with Gasteiger partial charge >= 0.3 is 0 Å². The quantitative estimate of drug-likeness (QED) is 0.491. The molecular formula is C16H16N3OSi. The highest BCUT2D eigenvalue weighted by Gasteiger charge is 2.03. The molecule has 3 radical (unpaired) electrons. The zero-order valence-electron chi connectivity index (χ0n) is 11.6. The summed E-state index contributed by atoms with van der Waals surface area (Å²) in [6.45, 7) is 0.664. The van der Waals surface area contributed by atoms with Crippen molar-refractivity contribution in [2.75, 3.05) is 6.54 Å². The topological polar surface area (TPSA) is 53.8 Å². The minimum absolute atomic E-state index is 0.0679. The molecule has 0 aliphatic carbocycles. The van der Waals surface area contributed by atoms with E-state index >= 15 is 0 Å². The second-order valence-corrected chi connectivity index (χ2v) is 4.94. The van der Waals surface area contributed by atoms with Crippen LogP contribution in [0.3, 0.4) is 0 Å². The molecule has 0 fully saturated rings.